The maximum absolute atomic E-state index is 13.1. The number of nitrogens with one attached hydrogen (secondary N) is 1. The third-order valence-electron chi connectivity index (χ3n) is 3.76. The standard InChI is InChI=1S/C15H17FN2O/c1-10-3-2-6-18(9-10)15(19)14-7-11-4-5-12(16)8-13(11)17-14/h4-5,7-8,10,17H,2-3,6,9H2,1H3/t10-/m0/s1. The molecule has 1 aliphatic heterocycles. The third-order valence-corrected chi connectivity index (χ3v) is 3.76. The number of fused-ring (bicyclic) bond motifs is 1. The number of piperidine rings is 1. The number of hydrogen-bond acceptors (Lipinski definition) is 1. The maximum atomic E-state index is 13.1. The molecular formula is C15H17FN2O. The molecule has 0 spiro atoms. The SMILES string of the molecule is C[C@H]1CCCN(C(=O)c2cc3ccc(F)cc3[nH]2)C1. The van der Waals surface area contributed by atoms with Gasteiger partial charge in [-0.2, -0.15) is 0 Å². The van der Waals surface area contributed by atoms with Crippen LogP contribution in [0.5, 0.6) is 0 Å². The number of aromatic amines is 1. The van der Waals surface area contributed by atoms with Gasteiger partial charge in [-0.15, -0.1) is 0 Å². The quantitative estimate of drug-likeness (QED) is 0.840. The molecule has 4 heteroatoms. The summed E-state index contributed by atoms with van der Waals surface area (Å²) in [6, 6.07) is 6.32. The molecule has 0 bridgehead atoms. The van der Waals surface area contributed by atoms with Crippen LogP contribution >= 0.6 is 0 Å². The molecule has 3 nitrogen and oxygen atoms in total. The van der Waals surface area contributed by atoms with Crippen molar-refractivity contribution in [2.45, 2.75) is 19.8 Å². The molecule has 0 aliphatic carbocycles. The number of nitrogens with zero attached hydrogens (tertiary/aromatic N) is 1. The van der Waals surface area contributed by atoms with Crippen molar-refractivity contribution < 1.29 is 9.18 Å². The van der Waals surface area contributed by atoms with Crippen LogP contribution < -0.4 is 0 Å². The summed E-state index contributed by atoms with van der Waals surface area (Å²) in [6.07, 6.45) is 2.24. The minimum absolute atomic E-state index is 0.0168. The molecule has 1 fully saturated rings. The highest BCUT2D eigenvalue weighted by atomic mass is 19.1. The maximum Gasteiger partial charge on any atom is 0.270 e. The second kappa shape index (κ2) is 4.68. The number of benzene rings is 1. The van der Waals surface area contributed by atoms with E-state index in [0.29, 0.717) is 17.1 Å². The summed E-state index contributed by atoms with van der Waals surface area (Å²) in [5.74, 6) is 0.280. The van der Waals surface area contributed by atoms with Gasteiger partial charge in [0, 0.05) is 24.0 Å². The summed E-state index contributed by atoms with van der Waals surface area (Å²) < 4.78 is 13.1. The van der Waals surface area contributed by atoms with Crippen LogP contribution in [-0.2, 0) is 0 Å². The zero-order valence-electron chi connectivity index (χ0n) is 10.9. The van der Waals surface area contributed by atoms with Crippen LogP contribution in [0.4, 0.5) is 4.39 Å². The number of rotatable bonds is 1. The minimum atomic E-state index is -0.292. The Kier molecular flexibility index (Phi) is 3.01. The van der Waals surface area contributed by atoms with Crippen LogP contribution in [0.2, 0.25) is 0 Å². The highest BCUT2D eigenvalue weighted by Crippen LogP contribution is 2.21. The molecule has 1 N–H and O–H groups in total. The Balaban J connectivity index is 1.88. The smallest absolute Gasteiger partial charge is 0.270 e. The summed E-state index contributed by atoms with van der Waals surface area (Å²) in [5.41, 5.74) is 1.23. The van der Waals surface area contributed by atoms with E-state index in [-0.39, 0.29) is 11.7 Å². The van der Waals surface area contributed by atoms with Crippen LogP contribution in [0.1, 0.15) is 30.3 Å². The monoisotopic (exact) mass is 260 g/mol. The first-order valence-electron chi connectivity index (χ1n) is 6.71. The zero-order valence-corrected chi connectivity index (χ0v) is 10.9. The van der Waals surface area contributed by atoms with Gasteiger partial charge in [-0.25, -0.2) is 4.39 Å². The number of aromatic nitrogens is 1. The molecule has 2 aromatic rings. The molecule has 1 saturated heterocycles. The van der Waals surface area contributed by atoms with E-state index < -0.39 is 0 Å². The average molecular weight is 260 g/mol. The van der Waals surface area contributed by atoms with Crippen LogP contribution in [0.25, 0.3) is 10.9 Å². The average Bonchev–Trinajstić information content (AvgIpc) is 2.80. The van der Waals surface area contributed by atoms with Gasteiger partial charge < -0.3 is 9.88 Å². The number of hydrogen-bond donors (Lipinski definition) is 1. The molecule has 1 amide bonds. The lowest BCUT2D eigenvalue weighted by atomic mass is 10.00. The Morgan fingerprint density at radius 3 is 3.05 bits per heavy atom. The van der Waals surface area contributed by atoms with E-state index in [1.807, 2.05) is 4.90 Å². The molecule has 3 rings (SSSR count). The van der Waals surface area contributed by atoms with Crippen molar-refractivity contribution in [2.24, 2.45) is 5.92 Å². The lowest BCUT2D eigenvalue weighted by Gasteiger charge is -2.30. The van der Waals surface area contributed by atoms with Crippen molar-refractivity contribution in [1.82, 2.24) is 9.88 Å². The lowest BCUT2D eigenvalue weighted by molar-refractivity contribution is 0.0678. The van der Waals surface area contributed by atoms with Crippen LogP contribution in [0.15, 0.2) is 24.3 Å². The molecule has 19 heavy (non-hydrogen) atoms. The fourth-order valence-electron chi connectivity index (χ4n) is 2.76. The fourth-order valence-corrected chi connectivity index (χ4v) is 2.76. The van der Waals surface area contributed by atoms with Crippen molar-refractivity contribution in [1.29, 1.82) is 0 Å². The van der Waals surface area contributed by atoms with Gasteiger partial charge in [0.2, 0.25) is 0 Å². The molecular weight excluding hydrogens is 243 g/mol. The van der Waals surface area contributed by atoms with E-state index >= 15 is 0 Å². The number of carbonyl (C=O) groups is 1. The molecule has 0 unspecified atom stereocenters. The van der Waals surface area contributed by atoms with Gasteiger partial charge in [-0.1, -0.05) is 6.92 Å². The summed E-state index contributed by atoms with van der Waals surface area (Å²) >= 11 is 0. The van der Waals surface area contributed by atoms with E-state index in [2.05, 4.69) is 11.9 Å². The van der Waals surface area contributed by atoms with Gasteiger partial charge in [-0.3, -0.25) is 4.79 Å². The van der Waals surface area contributed by atoms with E-state index in [0.717, 1.165) is 24.9 Å². The van der Waals surface area contributed by atoms with E-state index in [1.165, 1.54) is 18.6 Å². The minimum Gasteiger partial charge on any atom is -0.350 e. The Morgan fingerprint density at radius 1 is 1.42 bits per heavy atom. The summed E-state index contributed by atoms with van der Waals surface area (Å²) in [4.78, 5) is 17.3. The van der Waals surface area contributed by atoms with Crippen molar-refractivity contribution >= 4 is 16.8 Å². The summed E-state index contributed by atoms with van der Waals surface area (Å²) in [5, 5.41) is 0.870. The van der Waals surface area contributed by atoms with Gasteiger partial charge in [0.25, 0.3) is 5.91 Å². The van der Waals surface area contributed by atoms with Crippen molar-refractivity contribution in [3.8, 4) is 0 Å². The van der Waals surface area contributed by atoms with Gasteiger partial charge in [0.05, 0.1) is 0 Å². The number of carbonyl (C=O) groups excluding carboxylic acids is 1. The Labute approximate surface area is 111 Å². The number of amides is 1. The van der Waals surface area contributed by atoms with Crippen LogP contribution in [-0.4, -0.2) is 28.9 Å². The second-order valence-electron chi connectivity index (χ2n) is 5.41. The normalized spacial score (nSPS) is 19.9. The molecule has 1 atom stereocenters. The largest absolute Gasteiger partial charge is 0.350 e. The molecule has 1 aromatic heterocycles. The Bertz CT molecular complexity index is 620. The number of halogens is 1. The van der Waals surface area contributed by atoms with E-state index in [4.69, 9.17) is 0 Å². The van der Waals surface area contributed by atoms with Gasteiger partial charge >= 0.3 is 0 Å². The molecule has 100 valence electrons. The van der Waals surface area contributed by atoms with Gasteiger partial charge in [0.1, 0.15) is 11.5 Å². The van der Waals surface area contributed by atoms with Crippen molar-refractivity contribution in [3.63, 3.8) is 0 Å². The highest BCUT2D eigenvalue weighted by molar-refractivity contribution is 5.98. The highest BCUT2D eigenvalue weighted by Gasteiger charge is 2.23. The molecule has 1 aliphatic rings. The van der Waals surface area contributed by atoms with Crippen molar-refractivity contribution in [3.05, 3.63) is 35.8 Å². The Morgan fingerprint density at radius 2 is 2.26 bits per heavy atom. The first kappa shape index (κ1) is 12.2. The number of H-pyrrole nitrogens is 1. The topological polar surface area (TPSA) is 36.1 Å². The van der Waals surface area contributed by atoms with E-state index in [9.17, 15) is 9.18 Å². The number of likely N-dealkylation sites (tertiary alicyclic amines) is 1. The molecule has 0 radical (unpaired) electrons. The second-order valence-corrected chi connectivity index (χ2v) is 5.41. The first-order chi connectivity index (χ1) is 9.13. The first-order valence-corrected chi connectivity index (χ1v) is 6.71. The fraction of sp³-hybridized carbons (Fsp3) is 0.400. The molecule has 0 saturated carbocycles. The molecule has 1 aromatic carbocycles. The van der Waals surface area contributed by atoms with Gasteiger partial charge in [-0.05, 0) is 43.0 Å². The summed E-state index contributed by atoms with van der Waals surface area (Å²) in [6.45, 7) is 3.79. The predicted molar refractivity (Wildman–Crippen MR) is 72.6 cm³/mol. The third kappa shape index (κ3) is 2.35. The van der Waals surface area contributed by atoms with Crippen molar-refractivity contribution in [2.75, 3.05) is 13.1 Å². The van der Waals surface area contributed by atoms with E-state index in [1.54, 1.807) is 12.1 Å². The van der Waals surface area contributed by atoms with Gasteiger partial charge in [0.15, 0.2) is 0 Å². The Hall–Kier alpha value is -1.84. The van der Waals surface area contributed by atoms with Crippen LogP contribution in [0.3, 0.4) is 0 Å². The zero-order chi connectivity index (χ0) is 13.4. The molecule has 2 heterocycles. The lowest BCUT2D eigenvalue weighted by Crippen LogP contribution is -2.39. The predicted octanol–water partition coefficient (Wildman–Crippen LogP) is 3.18. The van der Waals surface area contributed by atoms with Crippen LogP contribution in [0, 0.1) is 11.7 Å². The summed E-state index contributed by atoms with van der Waals surface area (Å²) in [7, 11) is 0.